The lowest BCUT2D eigenvalue weighted by Crippen LogP contribution is -2.07. The lowest BCUT2D eigenvalue weighted by atomic mass is 10.0. The summed E-state index contributed by atoms with van der Waals surface area (Å²) in [5.74, 6) is 0.260. The fourth-order valence-corrected chi connectivity index (χ4v) is 2.38. The normalized spacial score (nSPS) is 27.7. The zero-order chi connectivity index (χ0) is 11.0. The Bertz CT molecular complexity index is 477. The van der Waals surface area contributed by atoms with Crippen molar-refractivity contribution in [1.82, 2.24) is 0 Å². The van der Waals surface area contributed by atoms with E-state index in [2.05, 4.69) is 12.1 Å². The van der Waals surface area contributed by atoms with Crippen LogP contribution in [0.2, 0.25) is 0 Å². The van der Waals surface area contributed by atoms with E-state index in [-0.39, 0.29) is 5.92 Å². The highest BCUT2D eigenvalue weighted by atomic mass is 16.3. The maximum atomic E-state index is 10.5. The van der Waals surface area contributed by atoms with E-state index in [0.29, 0.717) is 0 Å². The molecule has 1 fully saturated rings. The van der Waals surface area contributed by atoms with Crippen LogP contribution in [0, 0.1) is 0 Å². The van der Waals surface area contributed by atoms with Crippen LogP contribution in [0.1, 0.15) is 23.5 Å². The lowest BCUT2D eigenvalue weighted by molar-refractivity contribution is 0.144. The fourth-order valence-electron chi connectivity index (χ4n) is 2.38. The number of hydrogen-bond acceptors (Lipinski definition) is 1. The summed E-state index contributed by atoms with van der Waals surface area (Å²) in [5.41, 5.74) is 1.63. The first-order valence-electron chi connectivity index (χ1n) is 5.63. The first kappa shape index (κ1) is 9.61. The van der Waals surface area contributed by atoms with Crippen molar-refractivity contribution in [1.29, 1.82) is 0 Å². The topological polar surface area (TPSA) is 20.2 Å². The number of aliphatic hydroxyl groups is 1. The summed E-state index contributed by atoms with van der Waals surface area (Å²) in [6, 6.07) is 20.2. The molecule has 80 valence electrons. The quantitative estimate of drug-likeness (QED) is 0.807. The minimum absolute atomic E-state index is 0.260. The Labute approximate surface area is 95.4 Å². The molecule has 1 heteroatoms. The van der Waals surface area contributed by atoms with E-state index in [9.17, 15) is 5.11 Å². The number of hydrogen-bond donors (Lipinski definition) is 1. The summed E-state index contributed by atoms with van der Waals surface area (Å²) < 4.78 is 0. The molecule has 0 heterocycles. The molecule has 0 saturated heterocycles. The van der Waals surface area contributed by atoms with Crippen molar-refractivity contribution in [2.45, 2.75) is 17.9 Å². The molecule has 2 aromatic rings. The minimum atomic E-state index is -0.636. The van der Waals surface area contributed by atoms with E-state index in [4.69, 9.17) is 0 Å². The van der Waals surface area contributed by atoms with E-state index in [1.807, 2.05) is 48.5 Å². The Kier molecular flexibility index (Phi) is 2.08. The largest absolute Gasteiger partial charge is 0.384 e. The van der Waals surface area contributed by atoms with Crippen LogP contribution in [0.3, 0.4) is 0 Å². The molecular formula is C15H14O. The monoisotopic (exact) mass is 210 g/mol. The van der Waals surface area contributed by atoms with Gasteiger partial charge in [0.05, 0.1) is 5.60 Å². The molecule has 0 bridgehead atoms. The second-order valence-corrected chi connectivity index (χ2v) is 4.46. The molecular weight excluding hydrogens is 196 g/mol. The van der Waals surface area contributed by atoms with Gasteiger partial charge in [-0.3, -0.25) is 0 Å². The van der Waals surface area contributed by atoms with Gasteiger partial charge >= 0.3 is 0 Å². The number of rotatable bonds is 2. The molecule has 0 aliphatic heterocycles. The Morgan fingerprint density at radius 3 is 2.06 bits per heavy atom. The molecule has 0 aromatic heterocycles. The third kappa shape index (κ3) is 1.44. The fraction of sp³-hybridized carbons (Fsp3) is 0.200. The average Bonchev–Trinajstić information content (AvgIpc) is 3.06. The molecule has 1 aliphatic rings. The second-order valence-electron chi connectivity index (χ2n) is 4.46. The molecule has 0 amide bonds. The Morgan fingerprint density at radius 1 is 0.875 bits per heavy atom. The van der Waals surface area contributed by atoms with Gasteiger partial charge in [-0.15, -0.1) is 0 Å². The maximum Gasteiger partial charge on any atom is 0.0972 e. The maximum absolute atomic E-state index is 10.5. The molecule has 1 aliphatic carbocycles. The van der Waals surface area contributed by atoms with Gasteiger partial charge in [0.2, 0.25) is 0 Å². The minimum Gasteiger partial charge on any atom is -0.384 e. The van der Waals surface area contributed by atoms with Crippen LogP contribution >= 0.6 is 0 Å². The molecule has 0 radical (unpaired) electrons. The molecule has 1 saturated carbocycles. The molecule has 2 aromatic carbocycles. The van der Waals surface area contributed by atoms with Gasteiger partial charge in [-0.25, -0.2) is 0 Å². The Balaban J connectivity index is 1.90. The van der Waals surface area contributed by atoms with Gasteiger partial charge in [0.15, 0.2) is 0 Å². The SMILES string of the molecule is O[C@]1(c2ccccc2)C[C@@H]1c1ccccc1. The standard InChI is InChI=1S/C15H14O/c16-15(13-9-5-2-6-10-13)11-14(15)12-7-3-1-4-8-12/h1-10,14,16H,11H2/t14-,15+/m1/s1. The van der Waals surface area contributed by atoms with Gasteiger partial charge < -0.3 is 5.11 Å². The van der Waals surface area contributed by atoms with Crippen LogP contribution in [0.4, 0.5) is 0 Å². The van der Waals surface area contributed by atoms with Crippen molar-refractivity contribution >= 4 is 0 Å². The molecule has 2 atom stereocenters. The third-order valence-corrected chi connectivity index (χ3v) is 3.41. The summed E-state index contributed by atoms with van der Waals surface area (Å²) in [4.78, 5) is 0. The van der Waals surface area contributed by atoms with Crippen LogP contribution in [0.15, 0.2) is 60.7 Å². The predicted octanol–water partition coefficient (Wildman–Crippen LogP) is 3.06. The zero-order valence-corrected chi connectivity index (χ0v) is 9.01. The van der Waals surface area contributed by atoms with Crippen molar-refractivity contribution < 1.29 is 5.11 Å². The molecule has 0 unspecified atom stereocenters. The van der Waals surface area contributed by atoms with E-state index in [1.54, 1.807) is 0 Å². The molecule has 1 N–H and O–H groups in total. The lowest BCUT2D eigenvalue weighted by Gasteiger charge is -2.10. The van der Waals surface area contributed by atoms with Gasteiger partial charge in [0, 0.05) is 5.92 Å². The van der Waals surface area contributed by atoms with E-state index >= 15 is 0 Å². The summed E-state index contributed by atoms with van der Waals surface area (Å²) >= 11 is 0. The predicted molar refractivity (Wildman–Crippen MR) is 64.1 cm³/mol. The van der Waals surface area contributed by atoms with E-state index in [0.717, 1.165) is 12.0 Å². The van der Waals surface area contributed by atoms with Gasteiger partial charge in [-0.1, -0.05) is 60.7 Å². The van der Waals surface area contributed by atoms with Crippen molar-refractivity contribution in [3.8, 4) is 0 Å². The van der Waals surface area contributed by atoms with Crippen molar-refractivity contribution in [2.24, 2.45) is 0 Å². The highest BCUT2D eigenvalue weighted by Crippen LogP contribution is 2.58. The van der Waals surface area contributed by atoms with Crippen molar-refractivity contribution in [3.63, 3.8) is 0 Å². The van der Waals surface area contributed by atoms with Crippen LogP contribution in [-0.4, -0.2) is 5.11 Å². The Morgan fingerprint density at radius 2 is 1.44 bits per heavy atom. The van der Waals surface area contributed by atoms with Gasteiger partial charge in [0.1, 0.15) is 0 Å². The van der Waals surface area contributed by atoms with Crippen LogP contribution in [0.25, 0.3) is 0 Å². The molecule has 1 nitrogen and oxygen atoms in total. The molecule has 3 rings (SSSR count). The van der Waals surface area contributed by atoms with Crippen LogP contribution < -0.4 is 0 Å². The third-order valence-electron chi connectivity index (χ3n) is 3.41. The highest BCUT2D eigenvalue weighted by molar-refractivity contribution is 5.39. The van der Waals surface area contributed by atoms with E-state index in [1.165, 1.54) is 5.56 Å². The first-order valence-corrected chi connectivity index (χ1v) is 5.63. The molecule has 16 heavy (non-hydrogen) atoms. The van der Waals surface area contributed by atoms with Gasteiger partial charge in [-0.05, 0) is 17.5 Å². The van der Waals surface area contributed by atoms with Crippen LogP contribution in [-0.2, 0) is 5.60 Å². The Hall–Kier alpha value is -1.60. The van der Waals surface area contributed by atoms with E-state index < -0.39 is 5.60 Å². The second kappa shape index (κ2) is 3.46. The zero-order valence-electron chi connectivity index (χ0n) is 9.01. The van der Waals surface area contributed by atoms with Crippen molar-refractivity contribution in [3.05, 3.63) is 71.8 Å². The van der Waals surface area contributed by atoms with Crippen LogP contribution in [0.5, 0.6) is 0 Å². The smallest absolute Gasteiger partial charge is 0.0972 e. The average molecular weight is 210 g/mol. The molecule has 0 spiro atoms. The summed E-state index contributed by atoms with van der Waals surface area (Å²) in [5, 5.41) is 10.5. The summed E-state index contributed by atoms with van der Waals surface area (Å²) in [6.45, 7) is 0. The van der Waals surface area contributed by atoms with Gasteiger partial charge in [0.25, 0.3) is 0 Å². The summed E-state index contributed by atoms with van der Waals surface area (Å²) in [6.07, 6.45) is 0.834. The van der Waals surface area contributed by atoms with Crippen molar-refractivity contribution in [2.75, 3.05) is 0 Å². The summed E-state index contributed by atoms with van der Waals surface area (Å²) in [7, 11) is 0. The first-order chi connectivity index (χ1) is 7.81. The highest BCUT2D eigenvalue weighted by Gasteiger charge is 2.54. The van der Waals surface area contributed by atoms with Gasteiger partial charge in [-0.2, -0.15) is 0 Å². The number of benzene rings is 2.